The summed E-state index contributed by atoms with van der Waals surface area (Å²) >= 11 is -1.05. The molecule has 2 rings (SSSR count). The Bertz CT molecular complexity index is 594. The second-order valence-corrected chi connectivity index (χ2v) is 12.5. The average molecular weight is 363 g/mol. The van der Waals surface area contributed by atoms with Gasteiger partial charge in [0.05, 0.1) is 0 Å². The zero-order valence-electron chi connectivity index (χ0n) is 14.1. The first-order chi connectivity index (χ1) is 10.2. The predicted molar refractivity (Wildman–Crippen MR) is 90.2 cm³/mol. The molecular formula is C16H24GeN3O2. The van der Waals surface area contributed by atoms with Crippen molar-refractivity contribution < 1.29 is 9.53 Å². The molecule has 22 heavy (non-hydrogen) atoms. The van der Waals surface area contributed by atoms with Gasteiger partial charge >= 0.3 is 136 Å². The molecular weight excluding hydrogens is 339 g/mol. The van der Waals surface area contributed by atoms with E-state index >= 15 is 0 Å². The molecule has 5 nitrogen and oxygen atoms in total. The number of hydrazine groups is 1. The van der Waals surface area contributed by atoms with Crippen LogP contribution in [0.1, 0.15) is 36.8 Å². The zero-order valence-corrected chi connectivity index (χ0v) is 16.2. The van der Waals surface area contributed by atoms with Crippen molar-refractivity contribution in [3.63, 3.8) is 0 Å². The molecule has 1 aliphatic heterocycles. The minimum atomic E-state index is -1.05. The number of carbonyl (C=O) groups excluding carboxylic acids is 1. The van der Waals surface area contributed by atoms with Gasteiger partial charge in [-0.1, -0.05) is 0 Å². The average Bonchev–Trinajstić information content (AvgIpc) is 2.85. The summed E-state index contributed by atoms with van der Waals surface area (Å²) in [6, 6.07) is 3.63. The van der Waals surface area contributed by atoms with Crippen molar-refractivity contribution in [2.75, 3.05) is 5.01 Å². The van der Waals surface area contributed by atoms with E-state index in [0.717, 1.165) is 5.82 Å². The van der Waals surface area contributed by atoms with Crippen LogP contribution in [0.5, 0.6) is 0 Å². The molecule has 119 valence electrons. The van der Waals surface area contributed by atoms with Gasteiger partial charge in [-0.15, -0.1) is 0 Å². The number of aromatic nitrogens is 1. The number of hydrogen-bond acceptors (Lipinski definition) is 5. The maximum absolute atomic E-state index is 12.2. The third-order valence-corrected chi connectivity index (χ3v) is 6.55. The van der Waals surface area contributed by atoms with Crippen LogP contribution >= 0.6 is 0 Å². The van der Waals surface area contributed by atoms with Crippen LogP contribution < -0.4 is 10.4 Å². The Morgan fingerprint density at radius 2 is 2.05 bits per heavy atom. The normalized spacial score (nSPS) is 18.1. The van der Waals surface area contributed by atoms with Gasteiger partial charge in [0.15, 0.2) is 0 Å². The van der Waals surface area contributed by atoms with Gasteiger partial charge in [-0.25, -0.2) is 0 Å². The topological polar surface area (TPSA) is 54.5 Å². The van der Waals surface area contributed by atoms with Crippen LogP contribution in [0, 0.1) is 6.92 Å². The molecule has 0 spiro atoms. The first-order valence-electron chi connectivity index (χ1n) is 7.42. The van der Waals surface area contributed by atoms with Crippen molar-refractivity contribution in [3.05, 3.63) is 35.7 Å². The third kappa shape index (κ3) is 4.10. The van der Waals surface area contributed by atoms with Gasteiger partial charge in [0.1, 0.15) is 0 Å². The van der Waals surface area contributed by atoms with Crippen molar-refractivity contribution in [2.45, 2.75) is 49.7 Å². The predicted octanol–water partition coefficient (Wildman–Crippen LogP) is 2.85. The molecule has 1 aromatic heterocycles. The second kappa shape index (κ2) is 6.42. The molecule has 0 saturated carbocycles. The Morgan fingerprint density at radius 3 is 2.55 bits per heavy atom. The number of pyridine rings is 1. The van der Waals surface area contributed by atoms with Crippen molar-refractivity contribution in [1.29, 1.82) is 0 Å². The van der Waals surface area contributed by atoms with Gasteiger partial charge in [-0.3, -0.25) is 0 Å². The molecule has 1 unspecified atom stereocenters. The molecule has 0 fully saturated rings. The Hall–Kier alpha value is -1.34. The minimum absolute atomic E-state index is 0.331. The molecule has 1 radical (unpaired) electrons. The standard InChI is InChI=1S/C16H24GeN3O2/c1-11-12(15(21)22-16(2,3)4)7-8-14(18-11)20-10-9-13(19-20)17(5)6/h7-10,13,19H,1-6H3. The number of aryl methyl sites for hydroxylation is 1. The fraction of sp³-hybridized carbons (Fsp3) is 0.500. The Morgan fingerprint density at radius 1 is 1.36 bits per heavy atom. The summed E-state index contributed by atoms with van der Waals surface area (Å²) in [4.78, 5) is 17.2. The first kappa shape index (κ1) is 17.0. The van der Waals surface area contributed by atoms with E-state index in [0.29, 0.717) is 16.1 Å². The first-order valence-corrected chi connectivity index (χ1v) is 12.8. The fourth-order valence-corrected chi connectivity index (χ4v) is 3.92. The third-order valence-electron chi connectivity index (χ3n) is 3.26. The quantitative estimate of drug-likeness (QED) is 0.661. The number of ether oxygens (including phenoxy) is 1. The van der Waals surface area contributed by atoms with E-state index in [-0.39, 0.29) is 5.97 Å². The molecule has 2 heterocycles. The van der Waals surface area contributed by atoms with Crippen molar-refractivity contribution in [3.8, 4) is 0 Å². The van der Waals surface area contributed by atoms with Crippen LogP contribution in [0.15, 0.2) is 24.4 Å². The summed E-state index contributed by atoms with van der Waals surface area (Å²) in [5.74, 6) is 5.12. The Labute approximate surface area is 136 Å². The molecule has 0 aliphatic carbocycles. The zero-order chi connectivity index (χ0) is 16.5. The number of nitrogens with zero attached hydrogens (tertiary/aromatic N) is 2. The molecule has 6 heteroatoms. The Balaban J connectivity index is 2.14. The summed E-state index contributed by atoms with van der Waals surface area (Å²) in [6.45, 7) is 7.41. The summed E-state index contributed by atoms with van der Waals surface area (Å²) in [7, 11) is 0. The molecule has 1 atom stereocenters. The van der Waals surface area contributed by atoms with Gasteiger partial charge < -0.3 is 0 Å². The number of esters is 1. The van der Waals surface area contributed by atoms with Crippen molar-refractivity contribution in [1.82, 2.24) is 10.4 Å². The number of anilines is 1. The van der Waals surface area contributed by atoms with Crippen LogP contribution in [-0.2, 0) is 4.74 Å². The summed E-state index contributed by atoms with van der Waals surface area (Å²) < 4.78 is 5.40. The van der Waals surface area contributed by atoms with E-state index in [1.54, 1.807) is 6.07 Å². The van der Waals surface area contributed by atoms with Crippen LogP contribution in [0.25, 0.3) is 0 Å². The number of hydrogen-bond donors (Lipinski definition) is 1. The van der Waals surface area contributed by atoms with Gasteiger partial charge in [0.2, 0.25) is 0 Å². The van der Waals surface area contributed by atoms with E-state index in [2.05, 4.69) is 28.0 Å². The Kier molecular flexibility index (Phi) is 4.97. The van der Waals surface area contributed by atoms with Crippen molar-refractivity contribution >= 4 is 26.1 Å². The van der Waals surface area contributed by atoms with Gasteiger partial charge in [0, 0.05) is 0 Å². The number of carbonyl (C=O) groups is 1. The molecule has 1 N–H and O–H groups in total. The van der Waals surface area contributed by atoms with E-state index in [4.69, 9.17) is 4.74 Å². The van der Waals surface area contributed by atoms with E-state index in [1.165, 1.54) is 0 Å². The summed E-state index contributed by atoms with van der Waals surface area (Å²) in [5, 5.41) is 1.93. The van der Waals surface area contributed by atoms with Crippen LogP contribution in [-0.4, -0.2) is 35.8 Å². The van der Waals surface area contributed by atoms with E-state index in [1.807, 2.05) is 45.0 Å². The van der Waals surface area contributed by atoms with E-state index in [9.17, 15) is 4.79 Å². The monoisotopic (exact) mass is 364 g/mol. The van der Waals surface area contributed by atoms with Crippen LogP contribution in [0.2, 0.25) is 11.5 Å². The maximum atomic E-state index is 12.2. The molecule has 0 saturated heterocycles. The summed E-state index contributed by atoms with van der Waals surface area (Å²) in [6.07, 6.45) is 4.20. The molecule has 0 aromatic carbocycles. The molecule has 1 aliphatic rings. The van der Waals surface area contributed by atoms with E-state index < -0.39 is 19.9 Å². The molecule has 0 bridgehead atoms. The number of nitrogens with one attached hydrogen (secondary N) is 1. The molecule has 1 aromatic rings. The van der Waals surface area contributed by atoms with Gasteiger partial charge in [-0.2, -0.15) is 0 Å². The van der Waals surface area contributed by atoms with Gasteiger partial charge in [-0.05, 0) is 0 Å². The number of rotatable bonds is 3. The van der Waals surface area contributed by atoms with Crippen LogP contribution in [0.4, 0.5) is 5.82 Å². The SMILES string of the molecule is Cc1nc(N2C=C[CH]([Ge]([CH3])[CH3])N2)ccc1C(=O)OC(C)(C)C. The fourth-order valence-electron chi connectivity index (χ4n) is 2.10. The summed E-state index contributed by atoms with van der Waals surface area (Å²) in [5.41, 5.74) is 4.12. The second-order valence-electron chi connectivity index (χ2n) is 6.70. The van der Waals surface area contributed by atoms with Crippen LogP contribution in [0.3, 0.4) is 0 Å². The van der Waals surface area contributed by atoms with Crippen molar-refractivity contribution in [2.24, 2.45) is 0 Å². The van der Waals surface area contributed by atoms with Gasteiger partial charge in [0.25, 0.3) is 0 Å². The molecule has 0 amide bonds.